The molecule has 0 aliphatic heterocycles. The highest BCUT2D eigenvalue weighted by Gasteiger charge is 2.17. The van der Waals surface area contributed by atoms with E-state index in [1.807, 2.05) is 24.3 Å². The van der Waals surface area contributed by atoms with Crippen molar-refractivity contribution in [1.82, 2.24) is 5.32 Å². The number of hydrogen-bond acceptors (Lipinski definition) is 5. The van der Waals surface area contributed by atoms with Gasteiger partial charge in [0.05, 0.1) is 25.5 Å². The molecule has 1 fully saturated rings. The Hall–Kier alpha value is -2.67. The van der Waals surface area contributed by atoms with Crippen LogP contribution in [0, 0.1) is 5.92 Å². The fourth-order valence-corrected chi connectivity index (χ4v) is 4.61. The summed E-state index contributed by atoms with van der Waals surface area (Å²) in [4.78, 5) is 26.0. The molecule has 31 heavy (non-hydrogen) atoms. The van der Waals surface area contributed by atoms with Gasteiger partial charge in [0.2, 0.25) is 5.91 Å². The molecular weight excluding hydrogens is 412 g/mol. The van der Waals surface area contributed by atoms with Crippen molar-refractivity contribution in [2.45, 2.75) is 37.0 Å². The first-order chi connectivity index (χ1) is 15.1. The SMILES string of the molecule is COc1ccc(NC(=O)CSc2ccccc2C(=O)NCC2CCCCC2)cc1OC. The van der Waals surface area contributed by atoms with E-state index >= 15 is 0 Å². The van der Waals surface area contributed by atoms with Crippen LogP contribution in [0.1, 0.15) is 42.5 Å². The Bertz CT molecular complexity index is 897. The van der Waals surface area contributed by atoms with Crippen molar-refractivity contribution in [2.24, 2.45) is 5.92 Å². The fraction of sp³-hybridized carbons (Fsp3) is 0.417. The summed E-state index contributed by atoms with van der Waals surface area (Å²) in [5, 5.41) is 5.94. The minimum Gasteiger partial charge on any atom is -0.493 e. The summed E-state index contributed by atoms with van der Waals surface area (Å²) in [7, 11) is 3.12. The van der Waals surface area contributed by atoms with Crippen LogP contribution >= 0.6 is 11.8 Å². The van der Waals surface area contributed by atoms with Crippen molar-refractivity contribution in [3.63, 3.8) is 0 Å². The van der Waals surface area contributed by atoms with Crippen molar-refractivity contribution in [2.75, 3.05) is 31.8 Å². The molecule has 0 saturated heterocycles. The second kappa shape index (κ2) is 11.6. The van der Waals surface area contributed by atoms with Crippen LogP contribution in [0.4, 0.5) is 5.69 Å². The van der Waals surface area contributed by atoms with Crippen molar-refractivity contribution in [1.29, 1.82) is 0 Å². The molecule has 1 saturated carbocycles. The summed E-state index contributed by atoms with van der Waals surface area (Å²) in [6, 6.07) is 12.6. The number of nitrogens with one attached hydrogen (secondary N) is 2. The number of benzene rings is 2. The molecule has 2 aromatic rings. The lowest BCUT2D eigenvalue weighted by atomic mass is 9.89. The number of anilines is 1. The number of ether oxygens (including phenoxy) is 2. The smallest absolute Gasteiger partial charge is 0.252 e. The molecule has 1 aliphatic rings. The second-order valence-corrected chi connectivity index (χ2v) is 8.63. The first-order valence-corrected chi connectivity index (χ1v) is 11.6. The van der Waals surface area contributed by atoms with Crippen molar-refractivity contribution >= 4 is 29.3 Å². The zero-order valence-electron chi connectivity index (χ0n) is 18.1. The van der Waals surface area contributed by atoms with Crippen molar-refractivity contribution < 1.29 is 19.1 Å². The number of carbonyl (C=O) groups is 2. The number of methoxy groups -OCH3 is 2. The zero-order valence-corrected chi connectivity index (χ0v) is 18.9. The number of thioether (sulfide) groups is 1. The van der Waals surface area contributed by atoms with Crippen LogP contribution in [0.15, 0.2) is 47.4 Å². The van der Waals surface area contributed by atoms with E-state index in [9.17, 15) is 9.59 Å². The highest BCUT2D eigenvalue weighted by Crippen LogP contribution is 2.30. The first kappa shape index (κ1) is 23.0. The van der Waals surface area contributed by atoms with Gasteiger partial charge in [-0.05, 0) is 43.0 Å². The Morgan fingerprint density at radius 1 is 1.00 bits per heavy atom. The minimum atomic E-state index is -0.158. The van der Waals surface area contributed by atoms with Crippen molar-refractivity contribution in [3.8, 4) is 11.5 Å². The van der Waals surface area contributed by atoms with Gasteiger partial charge in [0, 0.05) is 23.2 Å². The lowest BCUT2D eigenvalue weighted by Gasteiger charge is -2.22. The van der Waals surface area contributed by atoms with Gasteiger partial charge in [0.25, 0.3) is 5.91 Å². The van der Waals surface area contributed by atoms with E-state index in [0.717, 1.165) is 11.4 Å². The molecule has 2 aromatic carbocycles. The van der Waals surface area contributed by atoms with E-state index in [1.165, 1.54) is 43.9 Å². The molecule has 2 amide bonds. The van der Waals surface area contributed by atoms with E-state index in [0.29, 0.717) is 28.7 Å². The van der Waals surface area contributed by atoms with Gasteiger partial charge >= 0.3 is 0 Å². The third-order valence-corrected chi connectivity index (χ3v) is 6.51. The van der Waals surface area contributed by atoms with E-state index in [4.69, 9.17) is 9.47 Å². The van der Waals surface area contributed by atoms with Gasteiger partial charge in [0.15, 0.2) is 11.5 Å². The molecule has 0 radical (unpaired) electrons. The summed E-state index contributed by atoms with van der Waals surface area (Å²) >= 11 is 1.35. The molecule has 166 valence electrons. The van der Waals surface area contributed by atoms with Gasteiger partial charge in [-0.2, -0.15) is 0 Å². The molecule has 6 nitrogen and oxygen atoms in total. The van der Waals surface area contributed by atoms with Gasteiger partial charge in [0.1, 0.15) is 0 Å². The second-order valence-electron chi connectivity index (χ2n) is 7.62. The Morgan fingerprint density at radius 3 is 2.48 bits per heavy atom. The first-order valence-electron chi connectivity index (χ1n) is 10.6. The Labute approximate surface area is 188 Å². The van der Waals surface area contributed by atoms with Crippen LogP contribution in [-0.4, -0.2) is 38.3 Å². The molecule has 0 unspecified atom stereocenters. The third kappa shape index (κ3) is 6.66. The Balaban J connectivity index is 1.55. The topological polar surface area (TPSA) is 76.7 Å². The quantitative estimate of drug-likeness (QED) is 0.549. The normalized spacial score (nSPS) is 14.0. The average molecular weight is 443 g/mol. The van der Waals surface area contributed by atoms with Crippen molar-refractivity contribution in [3.05, 3.63) is 48.0 Å². The van der Waals surface area contributed by atoms with E-state index < -0.39 is 0 Å². The van der Waals surface area contributed by atoms with E-state index in [2.05, 4.69) is 10.6 Å². The molecular formula is C24H30N2O4S. The number of amides is 2. The standard InChI is InChI=1S/C24H30N2O4S/c1-29-20-13-12-18(14-21(20)30-2)26-23(27)16-31-22-11-7-6-10-19(22)24(28)25-15-17-8-4-3-5-9-17/h6-7,10-14,17H,3-5,8-9,15-16H2,1-2H3,(H,25,28)(H,26,27). The molecule has 3 rings (SSSR count). The van der Waals surface area contributed by atoms with Crippen LogP contribution in [0.3, 0.4) is 0 Å². The van der Waals surface area contributed by atoms with Gasteiger partial charge in [-0.25, -0.2) is 0 Å². The van der Waals surface area contributed by atoms with Crippen LogP contribution < -0.4 is 20.1 Å². The lowest BCUT2D eigenvalue weighted by Crippen LogP contribution is -2.30. The van der Waals surface area contributed by atoms with Crippen LogP contribution in [0.2, 0.25) is 0 Å². The Kier molecular flexibility index (Phi) is 8.64. The van der Waals surface area contributed by atoms with Gasteiger partial charge < -0.3 is 20.1 Å². The molecule has 2 N–H and O–H groups in total. The molecule has 0 atom stereocenters. The van der Waals surface area contributed by atoms with Crippen LogP contribution in [0.5, 0.6) is 11.5 Å². The maximum atomic E-state index is 12.7. The van der Waals surface area contributed by atoms with Gasteiger partial charge in [-0.3, -0.25) is 9.59 Å². The Morgan fingerprint density at radius 2 is 1.74 bits per heavy atom. The zero-order chi connectivity index (χ0) is 22.1. The predicted molar refractivity (Wildman–Crippen MR) is 124 cm³/mol. The fourth-order valence-electron chi connectivity index (χ4n) is 3.76. The predicted octanol–water partition coefficient (Wildman–Crippen LogP) is 4.74. The number of carbonyl (C=O) groups excluding carboxylic acids is 2. The van der Waals surface area contributed by atoms with Gasteiger partial charge in [-0.1, -0.05) is 31.4 Å². The minimum absolute atomic E-state index is 0.0750. The maximum absolute atomic E-state index is 12.7. The summed E-state index contributed by atoms with van der Waals surface area (Å²) in [5.41, 5.74) is 1.24. The van der Waals surface area contributed by atoms with E-state index in [-0.39, 0.29) is 17.6 Å². The van der Waals surface area contributed by atoms with E-state index in [1.54, 1.807) is 32.4 Å². The maximum Gasteiger partial charge on any atom is 0.252 e. The summed E-state index contributed by atoms with van der Waals surface area (Å²) in [6.07, 6.45) is 6.18. The molecule has 1 aliphatic carbocycles. The summed E-state index contributed by atoms with van der Waals surface area (Å²) in [5.74, 6) is 1.69. The summed E-state index contributed by atoms with van der Waals surface area (Å²) < 4.78 is 10.5. The monoisotopic (exact) mass is 442 g/mol. The third-order valence-electron chi connectivity index (χ3n) is 5.43. The molecule has 0 spiro atoms. The highest BCUT2D eigenvalue weighted by atomic mass is 32.2. The lowest BCUT2D eigenvalue weighted by molar-refractivity contribution is -0.113. The average Bonchev–Trinajstić information content (AvgIpc) is 2.82. The van der Waals surface area contributed by atoms with Gasteiger partial charge in [-0.15, -0.1) is 11.8 Å². The summed E-state index contributed by atoms with van der Waals surface area (Å²) in [6.45, 7) is 0.720. The molecule has 0 heterocycles. The molecule has 0 aromatic heterocycles. The molecule has 7 heteroatoms. The number of hydrogen-bond donors (Lipinski definition) is 2. The van der Waals surface area contributed by atoms with Crippen LogP contribution in [0.25, 0.3) is 0 Å². The van der Waals surface area contributed by atoms with Crippen LogP contribution in [-0.2, 0) is 4.79 Å². The molecule has 0 bridgehead atoms. The largest absolute Gasteiger partial charge is 0.493 e. The highest BCUT2D eigenvalue weighted by molar-refractivity contribution is 8.00. The number of rotatable bonds is 9.